The average molecular weight is 465 g/mol. The summed E-state index contributed by atoms with van der Waals surface area (Å²) in [6.45, 7) is 0.426. The van der Waals surface area contributed by atoms with Gasteiger partial charge in [0.2, 0.25) is 5.91 Å². The maximum atomic E-state index is 12.5. The molecule has 0 fully saturated rings. The predicted octanol–water partition coefficient (Wildman–Crippen LogP) is 5.00. The summed E-state index contributed by atoms with van der Waals surface area (Å²) >= 11 is 7.40. The number of ether oxygens (including phenoxy) is 1. The molecule has 0 bridgehead atoms. The van der Waals surface area contributed by atoms with Crippen LogP contribution in [0.25, 0.3) is 17.1 Å². The van der Waals surface area contributed by atoms with E-state index >= 15 is 0 Å². The first-order valence-electron chi connectivity index (χ1n) is 9.93. The van der Waals surface area contributed by atoms with Gasteiger partial charge in [0.1, 0.15) is 5.75 Å². The molecule has 4 rings (SSSR count). The number of halogens is 1. The summed E-state index contributed by atoms with van der Waals surface area (Å²) in [5, 5.41) is 13.0. The van der Waals surface area contributed by atoms with Gasteiger partial charge in [-0.05, 0) is 42.0 Å². The topological polar surface area (TPSA) is 69.0 Å². The maximum absolute atomic E-state index is 12.5. The van der Waals surface area contributed by atoms with Crippen LogP contribution in [0.5, 0.6) is 5.75 Å². The van der Waals surface area contributed by atoms with Gasteiger partial charge in [-0.3, -0.25) is 9.36 Å². The fraction of sp³-hybridized carbons (Fsp3) is 0.125. The van der Waals surface area contributed by atoms with Gasteiger partial charge in [-0.1, -0.05) is 65.8 Å². The van der Waals surface area contributed by atoms with Crippen molar-refractivity contribution in [1.82, 2.24) is 20.1 Å². The van der Waals surface area contributed by atoms with Crippen LogP contribution in [0.3, 0.4) is 0 Å². The molecule has 0 unspecified atom stereocenters. The highest BCUT2D eigenvalue weighted by atomic mass is 35.5. The van der Waals surface area contributed by atoms with Gasteiger partial charge < -0.3 is 10.1 Å². The van der Waals surface area contributed by atoms with Gasteiger partial charge in [0, 0.05) is 22.8 Å². The number of hydrogen-bond acceptors (Lipinski definition) is 5. The van der Waals surface area contributed by atoms with Crippen LogP contribution in [0.2, 0.25) is 5.02 Å². The van der Waals surface area contributed by atoms with Crippen LogP contribution in [0, 0.1) is 0 Å². The summed E-state index contributed by atoms with van der Waals surface area (Å²) in [4.78, 5) is 12.5. The number of benzene rings is 3. The number of amides is 1. The predicted molar refractivity (Wildman–Crippen MR) is 127 cm³/mol. The third-order valence-corrected chi connectivity index (χ3v) is 5.89. The van der Waals surface area contributed by atoms with E-state index in [0.29, 0.717) is 22.5 Å². The van der Waals surface area contributed by atoms with Crippen molar-refractivity contribution in [1.29, 1.82) is 0 Å². The van der Waals surface area contributed by atoms with Crippen molar-refractivity contribution < 1.29 is 9.53 Å². The molecule has 1 N–H and O–H groups in total. The molecule has 1 heterocycles. The second-order valence-electron chi connectivity index (χ2n) is 6.90. The van der Waals surface area contributed by atoms with E-state index in [2.05, 4.69) is 15.5 Å². The Morgan fingerprint density at radius 3 is 2.56 bits per heavy atom. The number of aromatic nitrogens is 3. The maximum Gasteiger partial charge on any atom is 0.230 e. The Morgan fingerprint density at radius 2 is 1.81 bits per heavy atom. The minimum atomic E-state index is -0.0928. The number of nitrogens with zero attached hydrogens (tertiary/aromatic N) is 3. The van der Waals surface area contributed by atoms with E-state index in [4.69, 9.17) is 16.3 Å². The Hall–Kier alpha value is -3.29. The first-order chi connectivity index (χ1) is 15.6. The van der Waals surface area contributed by atoms with Gasteiger partial charge in [-0.15, -0.1) is 10.2 Å². The molecular formula is C24H21ClN4O2S. The Balaban J connectivity index is 1.50. The molecule has 0 radical (unpaired) electrons. The number of thioether (sulfide) groups is 1. The monoisotopic (exact) mass is 464 g/mol. The van der Waals surface area contributed by atoms with E-state index in [1.54, 1.807) is 7.11 Å². The van der Waals surface area contributed by atoms with Crippen LogP contribution >= 0.6 is 23.4 Å². The van der Waals surface area contributed by atoms with Gasteiger partial charge in [-0.25, -0.2) is 0 Å². The Kier molecular flexibility index (Phi) is 7.09. The second-order valence-corrected chi connectivity index (χ2v) is 8.28. The van der Waals surface area contributed by atoms with Gasteiger partial charge in [0.05, 0.1) is 12.9 Å². The quantitative estimate of drug-likeness (QED) is 0.371. The molecule has 162 valence electrons. The van der Waals surface area contributed by atoms with Crippen molar-refractivity contribution in [3.8, 4) is 22.8 Å². The molecule has 4 aromatic rings. The first kappa shape index (κ1) is 21.9. The highest BCUT2D eigenvalue weighted by molar-refractivity contribution is 7.99. The van der Waals surface area contributed by atoms with E-state index in [0.717, 1.165) is 22.6 Å². The third-order valence-electron chi connectivity index (χ3n) is 4.71. The van der Waals surface area contributed by atoms with Crippen LogP contribution in [0.15, 0.2) is 84.0 Å². The highest BCUT2D eigenvalue weighted by Gasteiger charge is 2.17. The molecule has 1 amide bonds. The molecule has 32 heavy (non-hydrogen) atoms. The van der Waals surface area contributed by atoms with Crippen molar-refractivity contribution in [2.24, 2.45) is 0 Å². The lowest BCUT2D eigenvalue weighted by Crippen LogP contribution is -2.24. The lowest BCUT2D eigenvalue weighted by atomic mass is 10.2. The van der Waals surface area contributed by atoms with E-state index in [1.807, 2.05) is 83.4 Å². The smallest absolute Gasteiger partial charge is 0.230 e. The van der Waals surface area contributed by atoms with Gasteiger partial charge >= 0.3 is 0 Å². The Bertz CT molecular complexity index is 1200. The zero-order chi connectivity index (χ0) is 22.3. The Labute approximate surface area is 195 Å². The fourth-order valence-corrected chi connectivity index (χ4v) is 4.03. The number of carbonyl (C=O) groups is 1. The SMILES string of the molecule is COc1cccc(CNC(=O)CSc2nnc(-c3ccccc3)n2-c2ccc(Cl)cc2)c1. The zero-order valence-corrected chi connectivity index (χ0v) is 18.9. The lowest BCUT2D eigenvalue weighted by molar-refractivity contribution is -0.118. The van der Waals surface area contributed by atoms with Crippen LogP contribution in [0.4, 0.5) is 0 Å². The van der Waals surface area contributed by atoms with E-state index in [-0.39, 0.29) is 11.7 Å². The van der Waals surface area contributed by atoms with Crippen molar-refractivity contribution in [2.45, 2.75) is 11.7 Å². The van der Waals surface area contributed by atoms with Crippen molar-refractivity contribution in [3.05, 3.63) is 89.4 Å². The van der Waals surface area contributed by atoms with Gasteiger partial charge in [0.15, 0.2) is 11.0 Å². The molecule has 0 aliphatic rings. The number of hydrogen-bond donors (Lipinski definition) is 1. The molecule has 0 aliphatic heterocycles. The van der Waals surface area contributed by atoms with E-state index < -0.39 is 0 Å². The summed E-state index contributed by atoms with van der Waals surface area (Å²) in [5.74, 6) is 1.58. The summed E-state index contributed by atoms with van der Waals surface area (Å²) in [5.41, 5.74) is 2.78. The minimum absolute atomic E-state index is 0.0928. The van der Waals surface area contributed by atoms with Crippen LogP contribution in [-0.2, 0) is 11.3 Å². The van der Waals surface area contributed by atoms with Crippen LogP contribution < -0.4 is 10.1 Å². The minimum Gasteiger partial charge on any atom is -0.497 e. The third kappa shape index (κ3) is 5.30. The van der Waals surface area contributed by atoms with Gasteiger partial charge in [0.25, 0.3) is 0 Å². The van der Waals surface area contributed by atoms with E-state index in [1.165, 1.54) is 11.8 Å². The van der Waals surface area contributed by atoms with Crippen molar-refractivity contribution in [2.75, 3.05) is 12.9 Å². The second kappa shape index (κ2) is 10.3. The molecule has 6 nitrogen and oxygen atoms in total. The number of methoxy groups -OCH3 is 1. The Morgan fingerprint density at radius 1 is 1.03 bits per heavy atom. The normalized spacial score (nSPS) is 10.7. The molecule has 8 heteroatoms. The van der Waals surface area contributed by atoms with Crippen LogP contribution in [0.1, 0.15) is 5.56 Å². The lowest BCUT2D eigenvalue weighted by Gasteiger charge is -2.11. The largest absolute Gasteiger partial charge is 0.497 e. The standard InChI is InChI=1S/C24H21ClN4O2S/c1-31-21-9-5-6-17(14-21)15-26-22(30)16-32-24-28-27-23(18-7-3-2-4-8-18)29(24)20-12-10-19(25)11-13-20/h2-14H,15-16H2,1H3,(H,26,30). The zero-order valence-electron chi connectivity index (χ0n) is 17.4. The van der Waals surface area contributed by atoms with Crippen molar-refractivity contribution in [3.63, 3.8) is 0 Å². The summed E-state index contributed by atoms with van der Waals surface area (Å²) < 4.78 is 7.16. The molecule has 0 spiro atoms. The summed E-state index contributed by atoms with van der Waals surface area (Å²) in [6, 6.07) is 24.9. The number of rotatable bonds is 8. The molecule has 1 aromatic heterocycles. The summed E-state index contributed by atoms with van der Waals surface area (Å²) in [7, 11) is 1.62. The molecular weight excluding hydrogens is 444 g/mol. The molecule has 0 aliphatic carbocycles. The van der Waals surface area contributed by atoms with Gasteiger partial charge in [-0.2, -0.15) is 0 Å². The fourth-order valence-electron chi connectivity index (χ4n) is 3.12. The molecule has 0 atom stereocenters. The molecule has 0 saturated carbocycles. The van der Waals surface area contributed by atoms with Crippen molar-refractivity contribution >= 4 is 29.3 Å². The number of nitrogens with one attached hydrogen (secondary N) is 1. The molecule has 3 aromatic carbocycles. The highest BCUT2D eigenvalue weighted by Crippen LogP contribution is 2.28. The summed E-state index contributed by atoms with van der Waals surface area (Å²) in [6.07, 6.45) is 0. The molecule has 0 saturated heterocycles. The number of carbonyl (C=O) groups excluding carboxylic acids is 1. The van der Waals surface area contributed by atoms with Crippen LogP contribution in [-0.4, -0.2) is 33.5 Å². The first-order valence-corrected chi connectivity index (χ1v) is 11.3. The average Bonchev–Trinajstić information content (AvgIpc) is 3.26. The van der Waals surface area contributed by atoms with E-state index in [9.17, 15) is 4.79 Å².